The molecule has 0 radical (unpaired) electrons. The van der Waals surface area contributed by atoms with Crippen LogP contribution in [0.3, 0.4) is 0 Å². The summed E-state index contributed by atoms with van der Waals surface area (Å²) in [7, 11) is -3.77. The molecule has 1 N–H and O–H groups in total. The molecule has 10 heteroatoms. The van der Waals surface area contributed by atoms with Gasteiger partial charge >= 0.3 is 0 Å². The van der Waals surface area contributed by atoms with Crippen molar-refractivity contribution in [2.45, 2.75) is 39.4 Å². The fourth-order valence-electron chi connectivity index (χ4n) is 3.05. The molecule has 7 nitrogen and oxygen atoms in total. The molecule has 0 heterocycles. The number of halogens is 2. The molecule has 32 heavy (non-hydrogen) atoms. The summed E-state index contributed by atoms with van der Waals surface area (Å²) in [6.07, 6.45) is 1.03. The summed E-state index contributed by atoms with van der Waals surface area (Å²) in [5.74, 6) is -0.941. The van der Waals surface area contributed by atoms with Crippen LogP contribution in [-0.4, -0.2) is 50.0 Å². The molecule has 0 aliphatic carbocycles. The number of sulfonamides is 1. The van der Waals surface area contributed by atoms with Gasteiger partial charge in [-0.05, 0) is 45.0 Å². The maximum Gasteiger partial charge on any atom is 0.244 e. The van der Waals surface area contributed by atoms with Crippen molar-refractivity contribution in [2.75, 3.05) is 17.1 Å². The Labute approximate surface area is 199 Å². The topological polar surface area (TPSA) is 86.8 Å². The Bertz CT molecular complexity index is 1040. The van der Waals surface area contributed by atoms with Gasteiger partial charge in [-0.15, -0.1) is 0 Å². The van der Waals surface area contributed by atoms with Crippen molar-refractivity contribution in [1.82, 2.24) is 10.2 Å². The minimum atomic E-state index is -3.77. The number of nitrogens with zero attached hydrogens (tertiary/aromatic N) is 2. The Morgan fingerprint density at radius 2 is 1.53 bits per heavy atom. The second-order valence-corrected chi connectivity index (χ2v) is 10.4. The van der Waals surface area contributed by atoms with E-state index in [9.17, 15) is 18.0 Å². The largest absolute Gasteiger partial charge is 0.352 e. The van der Waals surface area contributed by atoms with E-state index in [4.69, 9.17) is 23.2 Å². The molecule has 0 saturated carbocycles. The molecule has 0 fully saturated rings. The lowest BCUT2D eigenvalue weighted by Crippen LogP contribution is -2.52. The van der Waals surface area contributed by atoms with Crippen molar-refractivity contribution in [1.29, 1.82) is 0 Å². The first-order valence-electron chi connectivity index (χ1n) is 9.97. The molecular weight excluding hydrogens is 473 g/mol. The molecule has 2 aromatic rings. The fourth-order valence-corrected chi connectivity index (χ4v) is 4.42. The van der Waals surface area contributed by atoms with Gasteiger partial charge in [0.25, 0.3) is 0 Å². The lowest BCUT2D eigenvalue weighted by atomic mass is 10.1. The SMILES string of the molecule is CC(C)NC(=O)[C@H](C)N(Cc1c(Cl)cccc1Cl)C(=O)CN(c1ccccc1)S(C)(=O)=O. The molecule has 0 aromatic heterocycles. The molecule has 0 bridgehead atoms. The van der Waals surface area contributed by atoms with Gasteiger partial charge in [0, 0.05) is 28.2 Å². The molecule has 0 spiro atoms. The first-order chi connectivity index (χ1) is 14.9. The Hall–Kier alpha value is -2.29. The number of carbonyl (C=O) groups excluding carboxylic acids is 2. The molecule has 0 aliphatic heterocycles. The van der Waals surface area contributed by atoms with Crippen LogP contribution in [0.2, 0.25) is 10.0 Å². The summed E-state index contributed by atoms with van der Waals surface area (Å²) in [4.78, 5) is 27.4. The molecule has 1 atom stereocenters. The average molecular weight is 500 g/mol. The summed E-state index contributed by atoms with van der Waals surface area (Å²) in [6.45, 7) is 4.65. The van der Waals surface area contributed by atoms with Crippen LogP contribution < -0.4 is 9.62 Å². The minimum Gasteiger partial charge on any atom is -0.352 e. The van der Waals surface area contributed by atoms with Crippen LogP contribution in [0.15, 0.2) is 48.5 Å². The van der Waals surface area contributed by atoms with Crippen LogP contribution >= 0.6 is 23.2 Å². The smallest absolute Gasteiger partial charge is 0.244 e. The number of rotatable bonds is 9. The van der Waals surface area contributed by atoms with E-state index in [0.29, 0.717) is 21.3 Å². The van der Waals surface area contributed by atoms with Gasteiger partial charge in [0.05, 0.1) is 11.9 Å². The standard InChI is InChI=1S/C22H27Cl2N3O4S/c1-15(2)25-22(29)16(3)26(13-18-19(23)11-8-12-20(18)24)21(28)14-27(32(4,30)31)17-9-6-5-7-10-17/h5-12,15-16H,13-14H2,1-4H3,(H,25,29)/t16-/m0/s1. The van der Waals surface area contributed by atoms with Gasteiger partial charge in [-0.25, -0.2) is 8.42 Å². The Kier molecular flexibility index (Phi) is 8.95. The Morgan fingerprint density at radius 1 is 0.969 bits per heavy atom. The lowest BCUT2D eigenvalue weighted by Gasteiger charge is -2.32. The first-order valence-corrected chi connectivity index (χ1v) is 12.6. The van der Waals surface area contributed by atoms with E-state index in [-0.39, 0.29) is 18.5 Å². The normalized spacial score (nSPS) is 12.3. The van der Waals surface area contributed by atoms with Gasteiger partial charge in [0.1, 0.15) is 12.6 Å². The van der Waals surface area contributed by atoms with Gasteiger partial charge in [0.15, 0.2) is 0 Å². The van der Waals surface area contributed by atoms with Crippen molar-refractivity contribution in [2.24, 2.45) is 0 Å². The number of benzene rings is 2. The van der Waals surface area contributed by atoms with Crippen molar-refractivity contribution >= 4 is 50.7 Å². The van der Waals surface area contributed by atoms with Crippen molar-refractivity contribution in [3.8, 4) is 0 Å². The van der Waals surface area contributed by atoms with E-state index >= 15 is 0 Å². The molecule has 174 valence electrons. The molecule has 0 unspecified atom stereocenters. The van der Waals surface area contributed by atoms with Crippen molar-refractivity contribution in [3.63, 3.8) is 0 Å². The number of anilines is 1. The number of nitrogens with one attached hydrogen (secondary N) is 1. The number of para-hydroxylation sites is 1. The molecule has 0 aliphatic rings. The second kappa shape index (κ2) is 11.0. The summed E-state index contributed by atoms with van der Waals surface area (Å²) in [5.41, 5.74) is 0.817. The molecule has 0 saturated heterocycles. The van der Waals surface area contributed by atoms with Gasteiger partial charge in [-0.2, -0.15) is 0 Å². The summed E-state index contributed by atoms with van der Waals surface area (Å²) in [6, 6.07) is 12.2. The van der Waals surface area contributed by atoms with Gasteiger partial charge in [0.2, 0.25) is 21.8 Å². The van der Waals surface area contributed by atoms with Gasteiger partial charge in [-0.3, -0.25) is 13.9 Å². The highest BCUT2D eigenvalue weighted by Gasteiger charge is 2.31. The third-order valence-corrected chi connectivity index (χ3v) is 6.56. The van der Waals surface area contributed by atoms with Crippen LogP contribution in [-0.2, 0) is 26.2 Å². The zero-order valence-electron chi connectivity index (χ0n) is 18.4. The zero-order chi connectivity index (χ0) is 24.1. The second-order valence-electron chi connectivity index (χ2n) is 7.67. The van der Waals surface area contributed by atoms with Gasteiger partial charge < -0.3 is 10.2 Å². The number of amides is 2. The van der Waals surface area contributed by atoms with Crippen LogP contribution in [0.4, 0.5) is 5.69 Å². The van der Waals surface area contributed by atoms with E-state index in [1.54, 1.807) is 55.5 Å². The predicted octanol–water partition coefficient (Wildman–Crippen LogP) is 3.70. The van der Waals surface area contributed by atoms with Crippen molar-refractivity contribution in [3.05, 3.63) is 64.1 Å². The van der Waals surface area contributed by atoms with Gasteiger partial charge in [-0.1, -0.05) is 47.5 Å². The molecule has 2 amide bonds. The Balaban J connectivity index is 2.43. The van der Waals surface area contributed by atoms with Crippen LogP contribution in [0, 0.1) is 0 Å². The highest BCUT2D eigenvalue weighted by molar-refractivity contribution is 7.92. The van der Waals surface area contributed by atoms with Crippen LogP contribution in [0.1, 0.15) is 26.3 Å². The zero-order valence-corrected chi connectivity index (χ0v) is 20.7. The average Bonchev–Trinajstić information content (AvgIpc) is 2.70. The van der Waals surface area contributed by atoms with E-state index in [0.717, 1.165) is 10.6 Å². The van der Waals surface area contributed by atoms with E-state index in [2.05, 4.69) is 5.32 Å². The number of hydrogen-bond acceptors (Lipinski definition) is 4. The van der Waals surface area contributed by atoms with E-state index < -0.39 is 28.5 Å². The maximum atomic E-state index is 13.4. The number of carbonyl (C=O) groups is 2. The summed E-state index contributed by atoms with van der Waals surface area (Å²) in [5, 5.41) is 3.46. The maximum absolute atomic E-state index is 13.4. The highest BCUT2D eigenvalue weighted by atomic mass is 35.5. The molecule has 2 aromatic carbocycles. The Morgan fingerprint density at radius 3 is 2.03 bits per heavy atom. The predicted molar refractivity (Wildman–Crippen MR) is 128 cm³/mol. The van der Waals surface area contributed by atoms with Crippen LogP contribution in [0.5, 0.6) is 0 Å². The minimum absolute atomic E-state index is 0.0591. The van der Waals surface area contributed by atoms with Crippen LogP contribution in [0.25, 0.3) is 0 Å². The van der Waals surface area contributed by atoms with E-state index in [1.165, 1.54) is 4.90 Å². The number of hydrogen-bond donors (Lipinski definition) is 1. The van der Waals surface area contributed by atoms with E-state index in [1.807, 2.05) is 13.8 Å². The third-order valence-electron chi connectivity index (χ3n) is 4.71. The first kappa shape index (κ1) is 26.0. The lowest BCUT2D eigenvalue weighted by molar-refractivity contribution is -0.139. The fraction of sp³-hybridized carbons (Fsp3) is 0.364. The summed E-state index contributed by atoms with van der Waals surface area (Å²) < 4.78 is 25.9. The summed E-state index contributed by atoms with van der Waals surface area (Å²) >= 11 is 12.6. The quantitative estimate of drug-likeness (QED) is 0.569. The van der Waals surface area contributed by atoms with Crippen molar-refractivity contribution < 1.29 is 18.0 Å². The molecular formula is C22H27Cl2N3O4S. The third kappa shape index (κ3) is 6.85. The molecule has 2 rings (SSSR count). The highest BCUT2D eigenvalue weighted by Crippen LogP contribution is 2.27. The monoisotopic (exact) mass is 499 g/mol.